The summed E-state index contributed by atoms with van der Waals surface area (Å²) in [4.78, 5) is 2.48. The summed E-state index contributed by atoms with van der Waals surface area (Å²) in [7, 11) is 0. The molecule has 0 bridgehead atoms. The van der Waals surface area contributed by atoms with Crippen LogP contribution >= 0.6 is 0 Å². The molecule has 2 aromatic rings. The van der Waals surface area contributed by atoms with Crippen molar-refractivity contribution in [2.45, 2.75) is 18.4 Å². The second-order valence-electron chi connectivity index (χ2n) is 7.05. The molecule has 1 saturated carbocycles. The summed E-state index contributed by atoms with van der Waals surface area (Å²) in [6, 6.07) is 21.7. The zero-order valence-electron chi connectivity index (χ0n) is 14.1. The second-order valence-corrected chi connectivity index (χ2v) is 7.05. The standard InChI is InChI=1S/C21H26N2O/c1-3-7-18(8-4-1)20-13-21(20)22-14-17-15-23(16-17)11-12-24-19-9-5-2-6-10-19/h1-10,17,20-22H,11-16H2. The minimum Gasteiger partial charge on any atom is -0.492 e. The van der Waals surface area contributed by atoms with E-state index in [-0.39, 0.29) is 0 Å². The predicted octanol–water partition coefficient (Wildman–Crippen LogP) is 3.14. The lowest BCUT2D eigenvalue weighted by atomic mass is 10.0. The fourth-order valence-corrected chi connectivity index (χ4v) is 3.61. The van der Waals surface area contributed by atoms with Gasteiger partial charge in [-0.1, -0.05) is 48.5 Å². The maximum atomic E-state index is 5.76. The molecule has 0 amide bonds. The van der Waals surface area contributed by atoms with Gasteiger partial charge < -0.3 is 10.1 Å². The highest BCUT2D eigenvalue weighted by Crippen LogP contribution is 2.40. The van der Waals surface area contributed by atoms with E-state index >= 15 is 0 Å². The lowest BCUT2D eigenvalue weighted by Crippen LogP contribution is -2.52. The number of hydrogen-bond acceptors (Lipinski definition) is 3. The van der Waals surface area contributed by atoms with Crippen LogP contribution in [-0.4, -0.2) is 43.7 Å². The van der Waals surface area contributed by atoms with Gasteiger partial charge in [0.1, 0.15) is 12.4 Å². The van der Waals surface area contributed by atoms with Crippen molar-refractivity contribution in [3.8, 4) is 5.75 Å². The number of likely N-dealkylation sites (tertiary alicyclic amines) is 1. The average Bonchev–Trinajstić information content (AvgIpc) is 3.37. The van der Waals surface area contributed by atoms with E-state index in [1.807, 2.05) is 30.3 Å². The van der Waals surface area contributed by atoms with Crippen molar-refractivity contribution in [3.05, 3.63) is 66.2 Å². The van der Waals surface area contributed by atoms with Crippen LogP contribution in [0.2, 0.25) is 0 Å². The molecule has 24 heavy (non-hydrogen) atoms. The number of rotatable bonds is 8. The molecule has 0 spiro atoms. The third-order valence-electron chi connectivity index (χ3n) is 5.14. The predicted molar refractivity (Wildman–Crippen MR) is 97.5 cm³/mol. The fourth-order valence-electron chi connectivity index (χ4n) is 3.61. The molecule has 1 N–H and O–H groups in total. The van der Waals surface area contributed by atoms with Gasteiger partial charge in [0.15, 0.2) is 0 Å². The third-order valence-corrected chi connectivity index (χ3v) is 5.14. The Balaban J connectivity index is 1.08. The Hall–Kier alpha value is -1.84. The Labute approximate surface area is 144 Å². The minimum absolute atomic E-state index is 0.697. The Morgan fingerprint density at radius 1 is 0.958 bits per heavy atom. The van der Waals surface area contributed by atoms with Crippen molar-refractivity contribution < 1.29 is 4.74 Å². The van der Waals surface area contributed by atoms with Gasteiger partial charge in [-0.3, -0.25) is 4.90 Å². The van der Waals surface area contributed by atoms with E-state index in [0.29, 0.717) is 6.04 Å². The van der Waals surface area contributed by atoms with Gasteiger partial charge in [-0.15, -0.1) is 0 Å². The summed E-state index contributed by atoms with van der Waals surface area (Å²) in [6.07, 6.45) is 1.30. The number of ether oxygens (including phenoxy) is 1. The van der Waals surface area contributed by atoms with Crippen molar-refractivity contribution in [3.63, 3.8) is 0 Å². The first-order valence-electron chi connectivity index (χ1n) is 9.07. The minimum atomic E-state index is 0.697. The van der Waals surface area contributed by atoms with E-state index in [1.165, 1.54) is 25.1 Å². The van der Waals surface area contributed by atoms with Gasteiger partial charge >= 0.3 is 0 Å². The van der Waals surface area contributed by atoms with Crippen LogP contribution in [-0.2, 0) is 0 Å². The van der Waals surface area contributed by atoms with E-state index in [2.05, 4.69) is 40.5 Å². The normalized spacial score (nSPS) is 23.7. The Morgan fingerprint density at radius 3 is 2.42 bits per heavy atom. The van der Waals surface area contributed by atoms with Gasteiger partial charge in [0.2, 0.25) is 0 Å². The maximum Gasteiger partial charge on any atom is 0.119 e. The third kappa shape index (κ3) is 3.97. The van der Waals surface area contributed by atoms with Crippen LogP contribution in [0.15, 0.2) is 60.7 Å². The lowest BCUT2D eigenvalue weighted by Gasteiger charge is -2.39. The summed E-state index contributed by atoms with van der Waals surface area (Å²) < 4.78 is 5.76. The van der Waals surface area contributed by atoms with Gasteiger partial charge in [-0.2, -0.15) is 0 Å². The lowest BCUT2D eigenvalue weighted by molar-refractivity contribution is 0.0820. The van der Waals surface area contributed by atoms with E-state index in [0.717, 1.165) is 37.3 Å². The van der Waals surface area contributed by atoms with Crippen LogP contribution in [0.25, 0.3) is 0 Å². The zero-order chi connectivity index (χ0) is 16.2. The van der Waals surface area contributed by atoms with Gasteiger partial charge in [-0.25, -0.2) is 0 Å². The molecule has 1 aliphatic carbocycles. The topological polar surface area (TPSA) is 24.5 Å². The Bertz CT molecular complexity index is 625. The van der Waals surface area contributed by atoms with Gasteiger partial charge in [0, 0.05) is 38.1 Å². The molecule has 2 aromatic carbocycles. The highest BCUT2D eigenvalue weighted by molar-refractivity contribution is 5.27. The van der Waals surface area contributed by atoms with Crippen LogP contribution in [0.5, 0.6) is 5.75 Å². The molecule has 2 fully saturated rings. The summed E-state index contributed by atoms with van der Waals surface area (Å²) in [6.45, 7) is 5.37. The second kappa shape index (κ2) is 7.37. The van der Waals surface area contributed by atoms with E-state index in [4.69, 9.17) is 4.74 Å². The van der Waals surface area contributed by atoms with Gasteiger partial charge in [0.05, 0.1) is 0 Å². The average molecular weight is 322 g/mol. The molecule has 0 radical (unpaired) electrons. The number of nitrogens with zero attached hydrogens (tertiary/aromatic N) is 1. The molecule has 2 unspecified atom stereocenters. The van der Waals surface area contributed by atoms with Crippen molar-refractivity contribution in [1.82, 2.24) is 10.2 Å². The summed E-state index contributed by atoms with van der Waals surface area (Å²) in [5.41, 5.74) is 1.49. The maximum absolute atomic E-state index is 5.76. The number of benzene rings is 2. The first kappa shape index (κ1) is 15.7. The largest absolute Gasteiger partial charge is 0.492 e. The molecule has 1 aliphatic heterocycles. The number of nitrogens with one attached hydrogen (secondary N) is 1. The fraction of sp³-hybridized carbons (Fsp3) is 0.429. The molecule has 1 heterocycles. The van der Waals surface area contributed by atoms with Crippen molar-refractivity contribution in [2.24, 2.45) is 5.92 Å². The molecule has 1 saturated heterocycles. The molecule has 2 aliphatic rings. The SMILES string of the molecule is c1ccc(OCCN2CC(CNC3CC3c3ccccc3)C2)cc1. The highest BCUT2D eigenvalue weighted by Gasteiger charge is 2.38. The molecule has 0 aromatic heterocycles. The van der Waals surface area contributed by atoms with Crippen molar-refractivity contribution in [1.29, 1.82) is 0 Å². The van der Waals surface area contributed by atoms with Crippen LogP contribution < -0.4 is 10.1 Å². The smallest absolute Gasteiger partial charge is 0.119 e. The molecule has 3 heteroatoms. The molecular weight excluding hydrogens is 296 g/mol. The van der Waals surface area contributed by atoms with Crippen molar-refractivity contribution >= 4 is 0 Å². The van der Waals surface area contributed by atoms with Crippen LogP contribution in [0, 0.1) is 5.92 Å². The Kier molecular flexibility index (Phi) is 4.81. The summed E-state index contributed by atoms with van der Waals surface area (Å²) >= 11 is 0. The zero-order valence-corrected chi connectivity index (χ0v) is 14.1. The highest BCUT2D eigenvalue weighted by atomic mass is 16.5. The monoisotopic (exact) mass is 322 g/mol. The first-order chi connectivity index (χ1) is 11.9. The van der Waals surface area contributed by atoms with E-state index in [1.54, 1.807) is 0 Å². The first-order valence-corrected chi connectivity index (χ1v) is 9.07. The molecule has 3 nitrogen and oxygen atoms in total. The van der Waals surface area contributed by atoms with Crippen LogP contribution in [0.1, 0.15) is 17.9 Å². The molecular formula is C21H26N2O. The van der Waals surface area contributed by atoms with E-state index < -0.39 is 0 Å². The van der Waals surface area contributed by atoms with Crippen LogP contribution in [0.3, 0.4) is 0 Å². The Morgan fingerprint density at radius 2 is 1.67 bits per heavy atom. The number of hydrogen-bond donors (Lipinski definition) is 1. The quantitative estimate of drug-likeness (QED) is 0.808. The molecule has 126 valence electrons. The summed E-state index contributed by atoms with van der Waals surface area (Å²) in [5.74, 6) is 2.51. The van der Waals surface area contributed by atoms with E-state index in [9.17, 15) is 0 Å². The molecule has 4 rings (SSSR count). The van der Waals surface area contributed by atoms with Crippen molar-refractivity contribution in [2.75, 3.05) is 32.8 Å². The van der Waals surface area contributed by atoms with Gasteiger partial charge in [0.25, 0.3) is 0 Å². The van der Waals surface area contributed by atoms with Gasteiger partial charge in [-0.05, 0) is 30.0 Å². The summed E-state index contributed by atoms with van der Waals surface area (Å²) in [5, 5.41) is 3.75. The number of para-hydroxylation sites is 1. The van der Waals surface area contributed by atoms with Crippen LogP contribution in [0.4, 0.5) is 0 Å². The molecule has 2 atom stereocenters.